The fraction of sp³-hybridized carbons (Fsp3) is 0.294. The molecule has 25 heavy (non-hydrogen) atoms. The second-order valence-corrected chi connectivity index (χ2v) is 6.01. The summed E-state index contributed by atoms with van der Waals surface area (Å²) in [4.78, 5) is 25.5. The van der Waals surface area contributed by atoms with Gasteiger partial charge in [0.2, 0.25) is 5.91 Å². The number of hydrogen-bond acceptors (Lipinski definition) is 5. The summed E-state index contributed by atoms with van der Waals surface area (Å²) in [6.45, 7) is 0.853. The Morgan fingerprint density at radius 3 is 2.72 bits per heavy atom. The molecule has 7 nitrogen and oxygen atoms in total. The number of amides is 2. The molecule has 0 radical (unpaired) electrons. The predicted octanol–water partition coefficient (Wildman–Crippen LogP) is 1.63. The molecule has 1 aromatic carbocycles. The van der Waals surface area contributed by atoms with Gasteiger partial charge in [-0.1, -0.05) is 5.16 Å². The van der Waals surface area contributed by atoms with Crippen LogP contribution in [0, 0.1) is 5.82 Å². The van der Waals surface area contributed by atoms with Crippen LogP contribution in [0.3, 0.4) is 0 Å². The largest absolute Gasteiger partial charge is 0.356 e. The monoisotopic (exact) mass is 342 g/mol. The highest BCUT2D eigenvalue weighted by Gasteiger charge is 2.30. The number of halogens is 1. The zero-order chi connectivity index (χ0) is 17.4. The van der Waals surface area contributed by atoms with Gasteiger partial charge in [-0.15, -0.1) is 0 Å². The number of carbonyl (C=O) groups is 2. The molecular formula is C17H15FN4O3. The molecule has 1 aromatic heterocycles. The van der Waals surface area contributed by atoms with Crippen molar-refractivity contribution in [3.05, 3.63) is 41.3 Å². The van der Waals surface area contributed by atoms with E-state index in [1.807, 2.05) is 0 Å². The highest BCUT2D eigenvalue weighted by molar-refractivity contribution is 6.39. The third kappa shape index (κ3) is 2.90. The fourth-order valence-corrected chi connectivity index (χ4v) is 3.02. The molecule has 0 saturated carbocycles. The van der Waals surface area contributed by atoms with Crippen molar-refractivity contribution in [2.75, 3.05) is 6.54 Å². The van der Waals surface area contributed by atoms with Gasteiger partial charge < -0.3 is 9.42 Å². The lowest BCUT2D eigenvalue weighted by molar-refractivity contribution is -0.125. The maximum Gasteiger partial charge on any atom is 0.270 e. The number of carbonyl (C=O) groups excluding carboxylic acids is 2. The van der Waals surface area contributed by atoms with Crippen molar-refractivity contribution in [2.24, 2.45) is 5.10 Å². The maximum atomic E-state index is 13.1. The molecule has 0 unspecified atom stereocenters. The summed E-state index contributed by atoms with van der Waals surface area (Å²) in [5.41, 5.74) is 5.04. The first kappa shape index (κ1) is 15.5. The smallest absolute Gasteiger partial charge is 0.270 e. The molecule has 0 spiro atoms. The molecule has 2 aliphatic heterocycles. The standard InChI is InChI=1S/C17H15FN4O3/c18-11-3-1-10(2-4-11)16-12-9-22(8-7-13(12)21-25-16)17(24)14-5-6-15(23)20-19-14/h1-4H,5-9H2,(H,20,23). The number of hydrazone groups is 1. The van der Waals surface area contributed by atoms with E-state index in [0.29, 0.717) is 43.0 Å². The molecule has 8 heteroatoms. The molecule has 2 amide bonds. The van der Waals surface area contributed by atoms with Crippen LogP contribution in [0.4, 0.5) is 4.39 Å². The van der Waals surface area contributed by atoms with E-state index in [1.165, 1.54) is 12.1 Å². The van der Waals surface area contributed by atoms with Crippen molar-refractivity contribution in [2.45, 2.75) is 25.8 Å². The Kier molecular flexibility index (Phi) is 3.79. The molecule has 0 saturated heterocycles. The van der Waals surface area contributed by atoms with Gasteiger partial charge in [0, 0.05) is 36.9 Å². The zero-order valence-electron chi connectivity index (χ0n) is 13.3. The highest BCUT2D eigenvalue weighted by atomic mass is 19.1. The second-order valence-electron chi connectivity index (χ2n) is 6.01. The van der Waals surface area contributed by atoms with Crippen molar-refractivity contribution in [1.29, 1.82) is 0 Å². The third-order valence-electron chi connectivity index (χ3n) is 4.38. The lowest BCUT2D eigenvalue weighted by Crippen LogP contribution is -2.42. The van der Waals surface area contributed by atoms with Crippen molar-refractivity contribution in [3.8, 4) is 11.3 Å². The molecular weight excluding hydrogens is 327 g/mol. The topological polar surface area (TPSA) is 87.8 Å². The third-order valence-corrected chi connectivity index (χ3v) is 4.38. The number of rotatable bonds is 2. The summed E-state index contributed by atoms with van der Waals surface area (Å²) < 4.78 is 18.6. The van der Waals surface area contributed by atoms with Crippen LogP contribution in [0.25, 0.3) is 11.3 Å². The lowest BCUT2D eigenvalue weighted by Gasteiger charge is -2.27. The number of nitrogens with one attached hydrogen (secondary N) is 1. The van der Waals surface area contributed by atoms with Crippen LogP contribution in [0.5, 0.6) is 0 Å². The van der Waals surface area contributed by atoms with Crippen molar-refractivity contribution >= 4 is 17.5 Å². The average molecular weight is 342 g/mol. The summed E-state index contributed by atoms with van der Waals surface area (Å²) in [6, 6.07) is 5.96. The lowest BCUT2D eigenvalue weighted by atomic mass is 10.0. The van der Waals surface area contributed by atoms with Gasteiger partial charge in [-0.25, -0.2) is 9.82 Å². The Labute approximate surface area is 142 Å². The quantitative estimate of drug-likeness (QED) is 0.898. The Morgan fingerprint density at radius 1 is 1.20 bits per heavy atom. The van der Waals surface area contributed by atoms with Crippen LogP contribution in [0.1, 0.15) is 24.1 Å². The second kappa shape index (κ2) is 6.12. The highest BCUT2D eigenvalue weighted by Crippen LogP contribution is 2.30. The van der Waals surface area contributed by atoms with Gasteiger partial charge in [0.25, 0.3) is 5.91 Å². The van der Waals surface area contributed by atoms with E-state index >= 15 is 0 Å². The molecule has 2 aromatic rings. The first-order valence-electron chi connectivity index (χ1n) is 8.00. The summed E-state index contributed by atoms with van der Waals surface area (Å²) in [5.74, 6) is -0.162. The van der Waals surface area contributed by atoms with Gasteiger partial charge in [-0.2, -0.15) is 5.10 Å². The summed E-state index contributed by atoms with van der Waals surface area (Å²) in [5, 5.41) is 7.94. The minimum absolute atomic E-state index is 0.185. The molecule has 2 aliphatic rings. The van der Waals surface area contributed by atoms with Gasteiger partial charge in [-0.05, 0) is 24.3 Å². The molecule has 1 N–H and O–H groups in total. The Bertz CT molecular complexity index is 873. The minimum atomic E-state index is -0.328. The van der Waals surface area contributed by atoms with Gasteiger partial charge in [-0.3, -0.25) is 9.59 Å². The molecule has 0 fully saturated rings. The number of aromatic nitrogens is 1. The zero-order valence-corrected chi connectivity index (χ0v) is 13.3. The van der Waals surface area contributed by atoms with E-state index < -0.39 is 0 Å². The Morgan fingerprint density at radius 2 is 2.00 bits per heavy atom. The Hall–Kier alpha value is -3.03. The number of benzene rings is 1. The molecule has 0 atom stereocenters. The van der Waals surface area contributed by atoms with Crippen LogP contribution < -0.4 is 5.43 Å². The van der Waals surface area contributed by atoms with E-state index in [1.54, 1.807) is 17.0 Å². The van der Waals surface area contributed by atoms with E-state index in [0.717, 1.165) is 11.3 Å². The molecule has 128 valence electrons. The molecule has 3 heterocycles. The van der Waals surface area contributed by atoms with Crippen LogP contribution >= 0.6 is 0 Å². The minimum Gasteiger partial charge on any atom is -0.356 e. The summed E-state index contributed by atoms with van der Waals surface area (Å²) >= 11 is 0. The number of fused-ring (bicyclic) bond motifs is 1. The first-order valence-corrected chi connectivity index (χ1v) is 8.00. The normalized spacial score (nSPS) is 16.9. The number of hydrogen-bond donors (Lipinski definition) is 1. The predicted molar refractivity (Wildman–Crippen MR) is 85.8 cm³/mol. The molecule has 0 bridgehead atoms. The SMILES string of the molecule is O=C1CCC(C(=O)N2CCc3noc(-c4ccc(F)cc4)c3C2)=NN1. The van der Waals surface area contributed by atoms with Crippen LogP contribution in [-0.2, 0) is 22.6 Å². The van der Waals surface area contributed by atoms with Crippen molar-refractivity contribution in [3.63, 3.8) is 0 Å². The van der Waals surface area contributed by atoms with Crippen molar-refractivity contribution < 1.29 is 18.5 Å². The van der Waals surface area contributed by atoms with Gasteiger partial charge >= 0.3 is 0 Å². The van der Waals surface area contributed by atoms with E-state index in [2.05, 4.69) is 15.7 Å². The van der Waals surface area contributed by atoms with E-state index in [9.17, 15) is 14.0 Å². The average Bonchev–Trinajstić information content (AvgIpc) is 3.05. The van der Waals surface area contributed by atoms with E-state index in [4.69, 9.17) is 4.52 Å². The molecule has 4 rings (SSSR count). The Balaban J connectivity index is 1.58. The van der Waals surface area contributed by atoms with Crippen LogP contribution in [-0.4, -0.2) is 34.1 Å². The summed E-state index contributed by atoms with van der Waals surface area (Å²) in [7, 11) is 0. The first-order chi connectivity index (χ1) is 12.1. The van der Waals surface area contributed by atoms with Crippen molar-refractivity contribution in [1.82, 2.24) is 15.5 Å². The van der Waals surface area contributed by atoms with E-state index in [-0.39, 0.29) is 24.1 Å². The fourth-order valence-electron chi connectivity index (χ4n) is 3.02. The van der Waals surface area contributed by atoms with Gasteiger partial charge in [0.15, 0.2) is 5.76 Å². The van der Waals surface area contributed by atoms with Crippen LogP contribution in [0.2, 0.25) is 0 Å². The molecule has 0 aliphatic carbocycles. The maximum absolute atomic E-state index is 13.1. The number of nitrogens with zero attached hydrogens (tertiary/aromatic N) is 3. The van der Waals surface area contributed by atoms with Gasteiger partial charge in [0.1, 0.15) is 11.5 Å². The van der Waals surface area contributed by atoms with Gasteiger partial charge in [0.05, 0.1) is 12.2 Å². The van der Waals surface area contributed by atoms with Crippen LogP contribution in [0.15, 0.2) is 33.9 Å². The summed E-state index contributed by atoms with van der Waals surface area (Å²) in [6.07, 6.45) is 1.17.